The van der Waals surface area contributed by atoms with E-state index in [9.17, 15) is 8.78 Å². The van der Waals surface area contributed by atoms with Gasteiger partial charge in [-0.3, -0.25) is 0 Å². The molecule has 0 spiro atoms. The Labute approximate surface area is 107 Å². The molecule has 18 heavy (non-hydrogen) atoms. The van der Waals surface area contributed by atoms with Gasteiger partial charge in [0.25, 0.3) is 0 Å². The van der Waals surface area contributed by atoms with Crippen LogP contribution in [0.4, 0.5) is 8.78 Å². The first-order valence-electron chi connectivity index (χ1n) is 6.49. The highest BCUT2D eigenvalue weighted by Crippen LogP contribution is 2.19. The van der Waals surface area contributed by atoms with Crippen LogP contribution in [0.25, 0.3) is 0 Å². The first-order valence-corrected chi connectivity index (χ1v) is 6.49. The highest BCUT2D eigenvalue weighted by atomic mass is 19.2. The summed E-state index contributed by atoms with van der Waals surface area (Å²) in [6.07, 6.45) is 2.85. The van der Waals surface area contributed by atoms with Crippen LogP contribution >= 0.6 is 0 Å². The Morgan fingerprint density at radius 2 is 2.06 bits per heavy atom. The number of rotatable bonds is 8. The lowest BCUT2D eigenvalue weighted by Crippen LogP contribution is -2.28. The van der Waals surface area contributed by atoms with Crippen LogP contribution in [0.3, 0.4) is 0 Å². The average molecular weight is 257 g/mol. The maximum atomic E-state index is 13.3. The van der Waals surface area contributed by atoms with Crippen molar-refractivity contribution in [2.45, 2.75) is 39.2 Å². The van der Waals surface area contributed by atoms with Gasteiger partial charge in [0.2, 0.25) is 5.82 Å². The lowest BCUT2D eigenvalue weighted by Gasteiger charge is -2.15. The maximum Gasteiger partial charge on any atom is 0.200 e. The molecule has 1 rings (SSSR count). The van der Waals surface area contributed by atoms with Gasteiger partial charge in [-0.25, -0.2) is 4.39 Å². The van der Waals surface area contributed by atoms with Crippen LogP contribution < -0.4 is 10.1 Å². The molecule has 0 aliphatic heterocycles. The van der Waals surface area contributed by atoms with Crippen LogP contribution in [0, 0.1) is 11.6 Å². The maximum absolute atomic E-state index is 13.3. The summed E-state index contributed by atoms with van der Waals surface area (Å²) in [5.41, 5.74) is 0. The first-order chi connectivity index (χ1) is 8.69. The lowest BCUT2D eigenvalue weighted by atomic mass is 10.1. The number of halogens is 2. The van der Waals surface area contributed by atoms with Crippen LogP contribution in [0.2, 0.25) is 0 Å². The fourth-order valence-corrected chi connectivity index (χ4v) is 1.85. The average Bonchev–Trinajstić information content (AvgIpc) is 2.38. The molecule has 1 aromatic rings. The Morgan fingerprint density at radius 1 is 1.28 bits per heavy atom. The molecule has 1 N–H and O–H groups in total. The molecule has 102 valence electrons. The van der Waals surface area contributed by atoms with Crippen LogP contribution in [0.15, 0.2) is 18.2 Å². The Balaban J connectivity index is 2.31. The second-order valence-electron chi connectivity index (χ2n) is 4.21. The molecule has 0 saturated heterocycles. The zero-order chi connectivity index (χ0) is 13.4. The van der Waals surface area contributed by atoms with E-state index in [0.29, 0.717) is 12.6 Å². The quantitative estimate of drug-likeness (QED) is 0.719. The summed E-state index contributed by atoms with van der Waals surface area (Å²) in [5, 5.41) is 3.36. The van der Waals surface area contributed by atoms with Crippen molar-refractivity contribution in [3.63, 3.8) is 0 Å². The molecule has 1 unspecified atom stereocenters. The van der Waals surface area contributed by atoms with E-state index in [4.69, 9.17) is 4.74 Å². The van der Waals surface area contributed by atoms with E-state index in [1.54, 1.807) is 0 Å². The molecule has 0 amide bonds. The molecule has 0 heterocycles. The van der Waals surface area contributed by atoms with Gasteiger partial charge < -0.3 is 10.1 Å². The zero-order valence-corrected chi connectivity index (χ0v) is 11.0. The predicted molar refractivity (Wildman–Crippen MR) is 68.8 cm³/mol. The van der Waals surface area contributed by atoms with Gasteiger partial charge in [0.15, 0.2) is 11.6 Å². The molecule has 0 radical (unpaired) electrons. The Hall–Kier alpha value is -1.16. The van der Waals surface area contributed by atoms with E-state index < -0.39 is 11.6 Å². The van der Waals surface area contributed by atoms with Crippen LogP contribution in [-0.4, -0.2) is 19.2 Å². The molecule has 0 bridgehead atoms. The summed E-state index contributed by atoms with van der Waals surface area (Å²) < 4.78 is 31.4. The summed E-state index contributed by atoms with van der Waals surface area (Å²) in [4.78, 5) is 0. The van der Waals surface area contributed by atoms with E-state index in [2.05, 4.69) is 19.2 Å². The predicted octanol–water partition coefficient (Wildman–Crippen LogP) is 3.51. The third-order valence-electron chi connectivity index (χ3n) is 2.86. The monoisotopic (exact) mass is 257 g/mol. The molecule has 2 nitrogen and oxygen atoms in total. The minimum Gasteiger partial charge on any atom is -0.490 e. The molecule has 0 fully saturated rings. The Kier molecular flexibility index (Phi) is 6.65. The second kappa shape index (κ2) is 8.03. The minimum atomic E-state index is -0.906. The molecule has 0 aliphatic carbocycles. The number of hydrogen-bond acceptors (Lipinski definition) is 2. The highest BCUT2D eigenvalue weighted by molar-refractivity contribution is 5.24. The van der Waals surface area contributed by atoms with Gasteiger partial charge in [-0.15, -0.1) is 0 Å². The van der Waals surface area contributed by atoms with E-state index in [0.717, 1.165) is 31.9 Å². The third-order valence-corrected chi connectivity index (χ3v) is 2.86. The summed E-state index contributed by atoms with van der Waals surface area (Å²) in [6, 6.07) is 4.44. The highest BCUT2D eigenvalue weighted by Gasteiger charge is 2.09. The Morgan fingerprint density at radius 3 is 2.72 bits per heavy atom. The van der Waals surface area contributed by atoms with Crippen LogP contribution in [-0.2, 0) is 0 Å². The molecule has 0 aliphatic rings. The molecular weight excluding hydrogens is 236 g/mol. The van der Waals surface area contributed by atoms with E-state index >= 15 is 0 Å². The van der Waals surface area contributed by atoms with Gasteiger partial charge in [-0.05, 0) is 37.9 Å². The molecule has 4 heteroatoms. The normalized spacial score (nSPS) is 12.4. The zero-order valence-electron chi connectivity index (χ0n) is 11.0. The van der Waals surface area contributed by atoms with Crippen molar-refractivity contribution in [1.29, 1.82) is 0 Å². The molecule has 0 saturated carbocycles. The summed E-state index contributed by atoms with van der Waals surface area (Å²) in [5.74, 6) is -1.78. The SMILES string of the molecule is CCNC(CC)CCCOc1cccc(F)c1F. The van der Waals surface area contributed by atoms with E-state index in [-0.39, 0.29) is 5.75 Å². The standard InChI is InChI=1S/C14H21F2NO/c1-3-11(17-4-2)7-6-10-18-13-9-5-8-12(15)14(13)16/h5,8-9,11,17H,3-4,6-7,10H2,1-2H3. The molecule has 1 atom stereocenters. The van der Waals surface area contributed by atoms with Crippen molar-refractivity contribution in [2.24, 2.45) is 0 Å². The van der Waals surface area contributed by atoms with Gasteiger partial charge >= 0.3 is 0 Å². The van der Waals surface area contributed by atoms with E-state index in [1.165, 1.54) is 12.1 Å². The van der Waals surface area contributed by atoms with Crippen molar-refractivity contribution < 1.29 is 13.5 Å². The fraction of sp³-hybridized carbons (Fsp3) is 0.571. The largest absolute Gasteiger partial charge is 0.490 e. The van der Waals surface area contributed by atoms with Crippen molar-refractivity contribution in [3.05, 3.63) is 29.8 Å². The lowest BCUT2D eigenvalue weighted by molar-refractivity contribution is 0.277. The van der Waals surface area contributed by atoms with E-state index in [1.807, 2.05) is 0 Å². The van der Waals surface area contributed by atoms with Gasteiger partial charge in [-0.2, -0.15) is 4.39 Å². The number of benzene rings is 1. The molecule has 0 aromatic heterocycles. The van der Waals surface area contributed by atoms with Crippen molar-refractivity contribution in [1.82, 2.24) is 5.32 Å². The van der Waals surface area contributed by atoms with Gasteiger partial charge in [0.05, 0.1) is 6.61 Å². The topological polar surface area (TPSA) is 21.3 Å². The number of ether oxygens (including phenoxy) is 1. The first kappa shape index (κ1) is 14.9. The second-order valence-corrected chi connectivity index (χ2v) is 4.21. The summed E-state index contributed by atoms with van der Waals surface area (Å²) in [6.45, 7) is 5.54. The summed E-state index contributed by atoms with van der Waals surface area (Å²) in [7, 11) is 0. The van der Waals surface area contributed by atoms with Crippen molar-refractivity contribution in [2.75, 3.05) is 13.2 Å². The van der Waals surface area contributed by atoms with Crippen LogP contribution in [0.5, 0.6) is 5.75 Å². The van der Waals surface area contributed by atoms with Gasteiger partial charge in [0.1, 0.15) is 0 Å². The fourth-order valence-electron chi connectivity index (χ4n) is 1.85. The van der Waals surface area contributed by atoms with Gasteiger partial charge in [-0.1, -0.05) is 19.9 Å². The Bertz CT molecular complexity index is 358. The van der Waals surface area contributed by atoms with Crippen molar-refractivity contribution >= 4 is 0 Å². The third kappa shape index (κ3) is 4.61. The molecule has 1 aromatic carbocycles. The summed E-state index contributed by atoms with van der Waals surface area (Å²) >= 11 is 0. The van der Waals surface area contributed by atoms with Gasteiger partial charge in [0, 0.05) is 6.04 Å². The smallest absolute Gasteiger partial charge is 0.200 e. The van der Waals surface area contributed by atoms with Crippen molar-refractivity contribution in [3.8, 4) is 5.75 Å². The molecular formula is C14H21F2NO. The minimum absolute atomic E-state index is 0.00787. The number of hydrogen-bond donors (Lipinski definition) is 1. The van der Waals surface area contributed by atoms with Crippen LogP contribution in [0.1, 0.15) is 33.1 Å². The number of nitrogens with one attached hydrogen (secondary N) is 1.